The predicted octanol–water partition coefficient (Wildman–Crippen LogP) is 2.48. The van der Waals surface area contributed by atoms with E-state index in [1.54, 1.807) is 0 Å². The molecule has 0 aromatic carbocycles. The van der Waals surface area contributed by atoms with Gasteiger partial charge in [0.1, 0.15) is 0 Å². The number of hydrogen-bond acceptors (Lipinski definition) is 3. The molecule has 6 nitrogen and oxygen atoms in total. The molecule has 0 aromatic heterocycles. The largest absolute Gasteiger partial charge is 0.357 e. The van der Waals surface area contributed by atoms with Crippen molar-refractivity contribution in [2.24, 2.45) is 4.99 Å². The van der Waals surface area contributed by atoms with Crippen molar-refractivity contribution in [3.8, 4) is 0 Å². The topological polar surface area (TPSA) is 68.8 Å². The highest BCUT2D eigenvalue weighted by Crippen LogP contribution is 2.17. The molecule has 0 bridgehead atoms. The van der Waals surface area contributed by atoms with Gasteiger partial charge in [-0.05, 0) is 45.6 Å². The third-order valence-corrected chi connectivity index (χ3v) is 5.14. The number of rotatable bonds is 8. The molecule has 26 heavy (non-hydrogen) atoms. The molecule has 3 N–H and O–H groups in total. The summed E-state index contributed by atoms with van der Waals surface area (Å²) >= 11 is 0. The van der Waals surface area contributed by atoms with Crippen LogP contribution in [0.2, 0.25) is 0 Å². The van der Waals surface area contributed by atoms with Crippen molar-refractivity contribution in [1.29, 1.82) is 0 Å². The number of nitrogens with zero attached hydrogens (tertiary/aromatic N) is 2. The van der Waals surface area contributed by atoms with E-state index in [-0.39, 0.29) is 29.9 Å². The summed E-state index contributed by atoms with van der Waals surface area (Å²) in [4.78, 5) is 19.1. The molecule has 1 aliphatic heterocycles. The number of likely N-dealkylation sites (tertiary alicyclic amines) is 1. The summed E-state index contributed by atoms with van der Waals surface area (Å²) in [6.45, 7) is 9.23. The van der Waals surface area contributed by atoms with Crippen LogP contribution in [-0.2, 0) is 4.79 Å². The molecule has 1 saturated carbocycles. The fraction of sp³-hybridized carbons (Fsp3) is 0.895. The molecule has 0 atom stereocenters. The maximum Gasteiger partial charge on any atom is 0.222 e. The minimum Gasteiger partial charge on any atom is -0.357 e. The molecule has 1 amide bonds. The van der Waals surface area contributed by atoms with Gasteiger partial charge in [0.05, 0.1) is 6.54 Å². The fourth-order valence-electron chi connectivity index (χ4n) is 3.77. The second-order valence-corrected chi connectivity index (χ2v) is 7.32. The van der Waals surface area contributed by atoms with Crippen molar-refractivity contribution in [2.45, 2.75) is 77.3 Å². The summed E-state index contributed by atoms with van der Waals surface area (Å²) in [5, 5.41) is 9.98. The van der Waals surface area contributed by atoms with E-state index in [1.807, 2.05) is 0 Å². The molecule has 0 aromatic rings. The monoisotopic (exact) mass is 479 g/mol. The Bertz CT molecular complexity index is 418. The van der Waals surface area contributed by atoms with Crippen molar-refractivity contribution in [2.75, 3.05) is 32.7 Å². The Morgan fingerprint density at radius 1 is 1.04 bits per heavy atom. The number of nitrogens with one attached hydrogen (secondary N) is 3. The zero-order chi connectivity index (χ0) is 17.9. The first-order valence-corrected chi connectivity index (χ1v) is 10.3. The Morgan fingerprint density at radius 2 is 1.69 bits per heavy atom. The van der Waals surface area contributed by atoms with Crippen LogP contribution in [0.25, 0.3) is 0 Å². The lowest BCUT2D eigenvalue weighted by molar-refractivity contribution is -0.121. The summed E-state index contributed by atoms with van der Waals surface area (Å²) in [7, 11) is 0. The van der Waals surface area contributed by atoms with Crippen molar-refractivity contribution < 1.29 is 4.79 Å². The molecular weight excluding hydrogens is 441 g/mol. The maximum atomic E-state index is 12.0. The summed E-state index contributed by atoms with van der Waals surface area (Å²) in [6.07, 6.45) is 8.78. The Morgan fingerprint density at radius 3 is 2.31 bits per heavy atom. The number of guanidine groups is 1. The molecule has 1 aliphatic carbocycles. The number of carbonyl (C=O) groups excluding carboxylic acids is 1. The van der Waals surface area contributed by atoms with Gasteiger partial charge in [0, 0.05) is 38.1 Å². The quantitative estimate of drug-likeness (QED) is 0.284. The number of halogens is 1. The van der Waals surface area contributed by atoms with Crippen LogP contribution in [0.1, 0.15) is 65.2 Å². The Balaban J connectivity index is 0.00000338. The molecule has 0 radical (unpaired) electrons. The number of hydrogen-bond donors (Lipinski definition) is 3. The zero-order valence-corrected chi connectivity index (χ0v) is 18.9. The number of carbonyl (C=O) groups is 1. The Labute approximate surface area is 176 Å². The molecule has 1 heterocycles. The van der Waals surface area contributed by atoms with Crippen LogP contribution in [0.3, 0.4) is 0 Å². The van der Waals surface area contributed by atoms with E-state index < -0.39 is 0 Å². The molecule has 2 fully saturated rings. The van der Waals surface area contributed by atoms with Crippen molar-refractivity contribution in [1.82, 2.24) is 20.9 Å². The van der Waals surface area contributed by atoms with Crippen LogP contribution in [0.5, 0.6) is 0 Å². The summed E-state index contributed by atoms with van der Waals surface area (Å²) < 4.78 is 0. The SMILES string of the molecule is CCCN1CCC(NC(=NCCC(=O)NC2CCCC2)NCC)CC1.I. The molecule has 2 rings (SSSR count). The first kappa shape index (κ1) is 23.5. The molecule has 152 valence electrons. The van der Waals surface area contributed by atoms with Gasteiger partial charge in [0.2, 0.25) is 5.91 Å². The van der Waals surface area contributed by atoms with E-state index in [1.165, 1.54) is 25.8 Å². The van der Waals surface area contributed by atoms with E-state index in [9.17, 15) is 4.79 Å². The van der Waals surface area contributed by atoms with Gasteiger partial charge in [-0.1, -0.05) is 19.8 Å². The van der Waals surface area contributed by atoms with E-state index in [0.29, 0.717) is 25.0 Å². The normalized spacial score (nSPS) is 19.8. The lowest BCUT2D eigenvalue weighted by Crippen LogP contribution is -2.48. The van der Waals surface area contributed by atoms with Crippen molar-refractivity contribution in [3.63, 3.8) is 0 Å². The van der Waals surface area contributed by atoms with E-state index in [4.69, 9.17) is 0 Å². The van der Waals surface area contributed by atoms with Crippen LogP contribution in [0.15, 0.2) is 4.99 Å². The highest BCUT2D eigenvalue weighted by molar-refractivity contribution is 14.0. The minimum absolute atomic E-state index is 0. The molecule has 0 unspecified atom stereocenters. The second kappa shape index (κ2) is 13.6. The summed E-state index contributed by atoms with van der Waals surface area (Å²) in [5.41, 5.74) is 0. The van der Waals surface area contributed by atoms with E-state index in [0.717, 1.165) is 51.3 Å². The molecule has 1 saturated heterocycles. The predicted molar refractivity (Wildman–Crippen MR) is 119 cm³/mol. The average molecular weight is 479 g/mol. The van der Waals surface area contributed by atoms with Crippen LogP contribution in [0, 0.1) is 0 Å². The van der Waals surface area contributed by atoms with Crippen LogP contribution in [-0.4, -0.2) is 61.6 Å². The zero-order valence-electron chi connectivity index (χ0n) is 16.6. The lowest BCUT2D eigenvalue weighted by Gasteiger charge is -2.32. The lowest BCUT2D eigenvalue weighted by atomic mass is 10.1. The number of piperidine rings is 1. The van der Waals surface area contributed by atoms with E-state index in [2.05, 4.69) is 39.7 Å². The van der Waals surface area contributed by atoms with Crippen LogP contribution in [0.4, 0.5) is 0 Å². The Hall–Kier alpha value is -0.570. The van der Waals surface area contributed by atoms with Gasteiger partial charge in [-0.2, -0.15) is 0 Å². The number of amides is 1. The first-order chi connectivity index (χ1) is 12.2. The van der Waals surface area contributed by atoms with Crippen LogP contribution < -0.4 is 16.0 Å². The van der Waals surface area contributed by atoms with Crippen molar-refractivity contribution in [3.05, 3.63) is 0 Å². The standard InChI is InChI=1S/C19H37N5O.HI/c1-3-13-24-14-10-17(11-15-24)23-19(20-4-2)21-12-9-18(25)22-16-7-5-6-8-16;/h16-17H,3-15H2,1-2H3,(H,22,25)(H2,20,21,23);1H. The maximum absolute atomic E-state index is 12.0. The highest BCUT2D eigenvalue weighted by atomic mass is 127. The van der Waals surface area contributed by atoms with Gasteiger partial charge in [-0.25, -0.2) is 0 Å². The molecule has 0 spiro atoms. The molecule has 2 aliphatic rings. The Kier molecular flexibility index (Phi) is 12.3. The fourth-order valence-corrected chi connectivity index (χ4v) is 3.77. The van der Waals surface area contributed by atoms with E-state index >= 15 is 0 Å². The van der Waals surface area contributed by atoms with Crippen LogP contribution >= 0.6 is 24.0 Å². The summed E-state index contributed by atoms with van der Waals surface area (Å²) in [6, 6.07) is 0.884. The molecular formula is C19H38IN5O. The van der Waals surface area contributed by atoms with Gasteiger partial charge in [-0.3, -0.25) is 9.79 Å². The minimum atomic E-state index is 0. The average Bonchev–Trinajstić information content (AvgIpc) is 3.10. The van der Waals surface area contributed by atoms with Gasteiger partial charge < -0.3 is 20.9 Å². The smallest absolute Gasteiger partial charge is 0.222 e. The van der Waals surface area contributed by atoms with Crippen molar-refractivity contribution >= 4 is 35.8 Å². The van der Waals surface area contributed by atoms with Gasteiger partial charge >= 0.3 is 0 Å². The number of aliphatic imine (C=N–C) groups is 1. The van der Waals surface area contributed by atoms with Gasteiger partial charge in [-0.15, -0.1) is 24.0 Å². The summed E-state index contributed by atoms with van der Waals surface area (Å²) in [5.74, 6) is 0.990. The second-order valence-electron chi connectivity index (χ2n) is 7.32. The van der Waals surface area contributed by atoms with Gasteiger partial charge in [0.25, 0.3) is 0 Å². The molecule has 7 heteroatoms. The third kappa shape index (κ3) is 8.88. The first-order valence-electron chi connectivity index (χ1n) is 10.3. The van der Waals surface area contributed by atoms with Gasteiger partial charge in [0.15, 0.2) is 5.96 Å². The highest BCUT2D eigenvalue weighted by Gasteiger charge is 2.19. The third-order valence-electron chi connectivity index (χ3n) is 5.14.